The highest BCUT2D eigenvalue weighted by atomic mass is 19.1. The number of nitrogens with zero attached hydrogens (tertiary/aromatic N) is 2. The molecule has 0 saturated carbocycles. The molecule has 0 spiro atoms. The summed E-state index contributed by atoms with van der Waals surface area (Å²) in [6.45, 7) is 5.06. The number of hydrogen-bond acceptors (Lipinski definition) is 3. The fourth-order valence-corrected chi connectivity index (χ4v) is 4.04. The Morgan fingerprint density at radius 3 is 2.62 bits per heavy atom. The Morgan fingerprint density at radius 2 is 1.90 bits per heavy atom. The van der Waals surface area contributed by atoms with E-state index in [-0.39, 0.29) is 23.5 Å². The van der Waals surface area contributed by atoms with E-state index in [0.29, 0.717) is 12.1 Å². The third-order valence-electron chi connectivity index (χ3n) is 5.61. The van der Waals surface area contributed by atoms with E-state index in [4.69, 9.17) is 0 Å². The van der Waals surface area contributed by atoms with Crippen molar-refractivity contribution < 1.29 is 9.18 Å². The van der Waals surface area contributed by atoms with E-state index in [2.05, 4.69) is 15.2 Å². The molecule has 29 heavy (non-hydrogen) atoms. The predicted molar refractivity (Wildman–Crippen MR) is 111 cm³/mol. The van der Waals surface area contributed by atoms with Crippen LogP contribution >= 0.6 is 0 Å². The lowest BCUT2D eigenvalue weighted by Gasteiger charge is -2.32. The fourth-order valence-electron chi connectivity index (χ4n) is 4.04. The molecule has 0 unspecified atom stereocenters. The molecular formula is C22H25FN4O2. The van der Waals surface area contributed by atoms with Crippen molar-refractivity contribution >= 4 is 16.9 Å². The molecule has 0 radical (unpaired) electrons. The fraction of sp³-hybridized carbons (Fsp3) is 0.364. The zero-order chi connectivity index (χ0) is 20.4. The summed E-state index contributed by atoms with van der Waals surface area (Å²) < 4.78 is 14.8. The lowest BCUT2D eigenvalue weighted by atomic mass is 10.0. The molecule has 0 bridgehead atoms. The number of aromatic nitrogens is 2. The summed E-state index contributed by atoms with van der Waals surface area (Å²) in [5.74, 6) is -0.547. The second-order valence-corrected chi connectivity index (χ2v) is 7.66. The first kappa shape index (κ1) is 19.4. The van der Waals surface area contributed by atoms with Crippen molar-refractivity contribution in [1.29, 1.82) is 0 Å². The number of piperidine rings is 1. The first-order valence-electron chi connectivity index (χ1n) is 9.98. The van der Waals surface area contributed by atoms with Crippen LogP contribution in [0.25, 0.3) is 11.0 Å². The molecular weight excluding hydrogens is 371 g/mol. The van der Waals surface area contributed by atoms with Crippen molar-refractivity contribution in [3.8, 4) is 0 Å². The highest BCUT2D eigenvalue weighted by Gasteiger charge is 2.23. The number of halogens is 1. The molecule has 0 atom stereocenters. The average molecular weight is 396 g/mol. The standard InChI is InChI=1S/C22H25FN4O2/c1-15-2-7-20-19(14-15)25-22(29)27(20)18-8-11-26(12-9-18)13-10-24-21(28)16-3-5-17(23)6-4-16/h2-7,14,18H,8-13H2,1H3,(H,24,28)(H,25,29). The average Bonchev–Trinajstić information content (AvgIpc) is 3.03. The van der Waals surface area contributed by atoms with Crippen molar-refractivity contribution in [1.82, 2.24) is 19.8 Å². The summed E-state index contributed by atoms with van der Waals surface area (Å²) in [7, 11) is 0. The van der Waals surface area contributed by atoms with Crippen LogP contribution in [-0.4, -0.2) is 46.5 Å². The van der Waals surface area contributed by atoms with Gasteiger partial charge in [-0.3, -0.25) is 9.36 Å². The molecule has 1 aliphatic heterocycles. The van der Waals surface area contributed by atoms with Crippen LogP contribution in [0.15, 0.2) is 47.3 Å². The van der Waals surface area contributed by atoms with Crippen LogP contribution in [-0.2, 0) is 0 Å². The number of nitrogens with one attached hydrogen (secondary N) is 2. The van der Waals surface area contributed by atoms with E-state index < -0.39 is 0 Å². The van der Waals surface area contributed by atoms with Gasteiger partial charge in [0.1, 0.15) is 5.82 Å². The smallest absolute Gasteiger partial charge is 0.326 e. The normalized spacial score (nSPS) is 15.7. The maximum Gasteiger partial charge on any atom is 0.326 e. The first-order chi connectivity index (χ1) is 14.0. The van der Waals surface area contributed by atoms with Gasteiger partial charge in [0.05, 0.1) is 11.0 Å². The molecule has 1 aliphatic rings. The van der Waals surface area contributed by atoms with Crippen molar-refractivity contribution in [2.24, 2.45) is 0 Å². The Bertz CT molecular complexity index is 1060. The summed E-state index contributed by atoms with van der Waals surface area (Å²) in [6.07, 6.45) is 1.79. The number of aryl methyl sites for hydroxylation is 1. The lowest BCUT2D eigenvalue weighted by molar-refractivity contribution is 0.0944. The molecule has 152 valence electrons. The molecule has 1 fully saturated rings. The Labute approximate surface area is 168 Å². The Hall–Kier alpha value is -2.93. The van der Waals surface area contributed by atoms with Crippen molar-refractivity contribution in [3.05, 3.63) is 69.9 Å². The number of rotatable bonds is 5. The number of likely N-dealkylation sites (tertiary alicyclic amines) is 1. The van der Waals surface area contributed by atoms with Crippen LogP contribution in [0.4, 0.5) is 4.39 Å². The van der Waals surface area contributed by atoms with Crippen LogP contribution in [0.3, 0.4) is 0 Å². The number of benzene rings is 2. The number of aromatic amines is 1. The van der Waals surface area contributed by atoms with Gasteiger partial charge in [-0.1, -0.05) is 6.07 Å². The minimum Gasteiger partial charge on any atom is -0.351 e. The van der Waals surface area contributed by atoms with Gasteiger partial charge in [0.2, 0.25) is 0 Å². The summed E-state index contributed by atoms with van der Waals surface area (Å²) in [5, 5.41) is 2.88. The van der Waals surface area contributed by atoms with Crippen LogP contribution in [0.5, 0.6) is 0 Å². The number of fused-ring (bicyclic) bond motifs is 1. The highest BCUT2D eigenvalue weighted by Crippen LogP contribution is 2.25. The topological polar surface area (TPSA) is 70.1 Å². The van der Waals surface area contributed by atoms with E-state index in [1.165, 1.54) is 24.3 Å². The van der Waals surface area contributed by atoms with E-state index in [1.54, 1.807) is 0 Å². The van der Waals surface area contributed by atoms with E-state index >= 15 is 0 Å². The van der Waals surface area contributed by atoms with E-state index in [0.717, 1.165) is 49.1 Å². The molecule has 1 amide bonds. The number of H-pyrrole nitrogens is 1. The summed E-state index contributed by atoms with van der Waals surface area (Å²) in [6, 6.07) is 11.8. The van der Waals surface area contributed by atoms with E-state index in [1.807, 2.05) is 29.7 Å². The van der Waals surface area contributed by atoms with Gasteiger partial charge in [0.15, 0.2) is 0 Å². The van der Waals surface area contributed by atoms with Gasteiger partial charge in [-0.25, -0.2) is 9.18 Å². The number of amides is 1. The maximum atomic E-state index is 12.9. The third kappa shape index (κ3) is 4.24. The quantitative estimate of drug-likeness (QED) is 0.697. The van der Waals surface area contributed by atoms with Crippen LogP contribution < -0.4 is 11.0 Å². The number of carbonyl (C=O) groups is 1. The monoisotopic (exact) mass is 396 g/mol. The third-order valence-corrected chi connectivity index (χ3v) is 5.61. The first-order valence-corrected chi connectivity index (χ1v) is 9.98. The minimum atomic E-state index is -0.353. The maximum absolute atomic E-state index is 12.9. The second kappa shape index (κ2) is 8.21. The molecule has 1 saturated heterocycles. The molecule has 6 nitrogen and oxygen atoms in total. The molecule has 2 heterocycles. The van der Waals surface area contributed by atoms with Gasteiger partial charge in [0.25, 0.3) is 5.91 Å². The van der Waals surface area contributed by atoms with Gasteiger partial charge in [-0.2, -0.15) is 0 Å². The molecule has 7 heteroatoms. The second-order valence-electron chi connectivity index (χ2n) is 7.66. The molecule has 2 N–H and O–H groups in total. The van der Waals surface area contributed by atoms with Gasteiger partial charge in [-0.15, -0.1) is 0 Å². The Morgan fingerprint density at radius 1 is 1.17 bits per heavy atom. The van der Waals surface area contributed by atoms with Gasteiger partial charge >= 0.3 is 5.69 Å². The number of hydrogen-bond donors (Lipinski definition) is 2. The summed E-state index contributed by atoms with van der Waals surface area (Å²) >= 11 is 0. The van der Waals surface area contributed by atoms with Gasteiger partial charge in [-0.05, 0) is 61.7 Å². The highest BCUT2D eigenvalue weighted by molar-refractivity contribution is 5.94. The van der Waals surface area contributed by atoms with Gasteiger partial charge in [0, 0.05) is 37.8 Å². The SMILES string of the molecule is Cc1ccc2c(c1)[nH]c(=O)n2C1CCN(CCNC(=O)c2ccc(F)cc2)CC1. The zero-order valence-electron chi connectivity index (χ0n) is 16.5. The lowest BCUT2D eigenvalue weighted by Crippen LogP contribution is -2.41. The molecule has 0 aliphatic carbocycles. The largest absolute Gasteiger partial charge is 0.351 e. The molecule has 3 aromatic rings. The van der Waals surface area contributed by atoms with Gasteiger partial charge < -0.3 is 15.2 Å². The van der Waals surface area contributed by atoms with E-state index in [9.17, 15) is 14.0 Å². The molecule has 4 rings (SSSR count). The van der Waals surface area contributed by atoms with Crippen molar-refractivity contribution in [2.45, 2.75) is 25.8 Å². The summed E-state index contributed by atoms with van der Waals surface area (Å²) in [4.78, 5) is 29.8. The van der Waals surface area contributed by atoms with Crippen molar-refractivity contribution in [2.75, 3.05) is 26.2 Å². The number of imidazole rings is 1. The Kier molecular flexibility index (Phi) is 5.49. The van der Waals surface area contributed by atoms with Crippen LogP contribution in [0, 0.1) is 12.7 Å². The van der Waals surface area contributed by atoms with Crippen LogP contribution in [0.1, 0.15) is 34.8 Å². The zero-order valence-corrected chi connectivity index (χ0v) is 16.5. The van der Waals surface area contributed by atoms with Crippen LogP contribution in [0.2, 0.25) is 0 Å². The number of carbonyl (C=O) groups excluding carboxylic acids is 1. The van der Waals surface area contributed by atoms with Crippen molar-refractivity contribution in [3.63, 3.8) is 0 Å². The summed E-state index contributed by atoms with van der Waals surface area (Å²) in [5.41, 5.74) is 3.39. The molecule has 1 aromatic heterocycles. The Balaban J connectivity index is 1.30. The minimum absolute atomic E-state index is 0.0457. The molecule has 2 aromatic carbocycles. The predicted octanol–water partition coefficient (Wildman–Crippen LogP) is 2.84.